The minimum atomic E-state index is 0.211. The Morgan fingerprint density at radius 3 is 2.32 bits per heavy atom. The highest BCUT2D eigenvalue weighted by Crippen LogP contribution is 2.40. The number of fused-ring (bicyclic) bond motifs is 1. The topological polar surface area (TPSA) is 30.5 Å². The van der Waals surface area contributed by atoms with E-state index in [1.54, 1.807) is 0 Å². The third-order valence-electron chi connectivity index (χ3n) is 3.20. The van der Waals surface area contributed by atoms with Gasteiger partial charge in [-0.05, 0) is 30.5 Å². The number of hydrogen-bond donors (Lipinski definition) is 1. The van der Waals surface area contributed by atoms with Gasteiger partial charge < -0.3 is 14.8 Å². The van der Waals surface area contributed by atoms with E-state index in [0.717, 1.165) is 28.5 Å². The highest BCUT2D eigenvalue weighted by atomic mass is 35.5. The summed E-state index contributed by atoms with van der Waals surface area (Å²) in [6.07, 6.45) is 1.00. The summed E-state index contributed by atoms with van der Waals surface area (Å²) in [4.78, 5) is 0. The number of ether oxygens (including phenoxy) is 2. The van der Waals surface area contributed by atoms with Crippen molar-refractivity contribution in [3.8, 4) is 11.5 Å². The molecule has 1 heterocycles. The zero-order valence-corrected chi connectivity index (χ0v) is 12.8. The SMILES string of the molecule is CNC(CC(C)(C)C)c1cc2c(cc1Cl)OCCO2. The third kappa shape index (κ3) is 3.54. The molecule has 0 fully saturated rings. The molecule has 1 aromatic rings. The number of nitrogens with one attached hydrogen (secondary N) is 1. The van der Waals surface area contributed by atoms with Gasteiger partial charge in [-0.3, -0.25) is 0 Å². The van der Waals surface area contributed by atoms with E-state index in [4.69, 9.17) is 21.1 Å². The maximum Gasteiger partial charge on any atom is 0.162 e. The van der Waals surface area contributed by atoms with Gasteiger partial charge in [0.15, 0.2) is 11.5 Å². The van der Waals surface area contributed by atoms with E-state index in [9.17, 15) is 0 Å². The van der Waals surface area contributed by atoms with Gasteiger partial charge >= 0.3 is 0 Å². The van der Waals surface area contributed by atoms with Crippen LogP contribution in [0, 0.1) is 5.41 Å². The first-order chi connectivity index (χ1) is 8.90. The molecule has 2 rings (SSSR count). The molecule has 1 aliphatic heterocycles. The number of rotatable bonds is 3. The zero-order valence-electron chi connectivity index (χ0n) is 12.0. The first-order valence-electron chi connectivity index (χ1n) is 6.67. The van der Waals surface area contributed by atoms with Gasteiger partial charge in [-0.25, -0.2) is 0 Å². The molecule has 1 N–H and O–H groups in total. The van der Waals surface area contributed by atoms with E-state index in [1.165, 1.54) is 0 Å². The lowest BCUT2D eigenvalue weighted by Crippen LogP contribution is -2.23. The van der Waals surface area contributed by atoms with Crippen LogP contribution in [0.25, 0.3) is 0 Å². The van der Waals surface area contributed by atoms with Gasteiger partial charge in [0.05, 0.1) is 0 Å². The van der Waals surface area contributed by atoms with Crippen molar-refractivity contribution in [2.24, 2.45) is 5.41 Å². The van der Waals surface area contributed by atoms with Gasteiger partial charge in [-0.15, -0.1) is 0 Å². The van der Waals surface area contributed by atoms with E-state index < -0.39 is 0 Å². The molecule has 0 radical (unpaired) electrons. The van der Waals surface area contributed by atoms with Gasteiger partial charge in [0.1, 0.15) is 13.2 Å². The molecule has 0 saturated carbocycles. The van der Waals surface area contributed by atoms with Gasteiger partial charge in [0.2, 0.25) is 0 Å². The highest BCUT2D eigenvalue weighted by Gasteiger charge is 2.23. The van der Waals surface area contributed by atoms with E-state index >= 15 is 0 Å². The molecule has 1 aliphatic rings. The van der Waals surface area contributed by atoms with Crippen LogP contribution in [0.15, 0.2) is 12.1 Å². The first kappa shape index (κ1) is 14.5. The van der Waals surface area contributed by atoms with Crippen LogP contribution >= 0.6 is 11.6 Å². The van der Waals surface area contributed by atoms with Gasteiger partial charge in [-0.2, -0.15) is 0 Å². The maximum absolute atomic E-state index is 6.39. The zero-order chi connectivity index (χ0) is 14.0. The van der Waals surface area contributed by atoms with Crippen LogP contribution in [0.2, 0.25) is 5.02 Å². The Hall–Kier alpha value is -0.930. The lowest BCUT2D eigenvalue weighted by molar-refractivity contribution is 0.171. The Bertz CT molecular complexity index is 454. The predicted octanol–water partition coefficient (Wildman–Crippen LogP) is 3.81. The second kappa shape index (κ2) is 5.59. The Labute approximate surface area is 120 Å². The molecule has 0 bridgehead atoms. The quantitative estimate of drug-likeness (QED) is 0.915. The Kier molecular flexibility index (Phi) is 4.26. The summed E-state index contributed by atoms with van der Waals surface area (Å²) in [6.45, 7) is 7.85. The Morgan fingerprint density at radius 2 is 1.79 bits per heavy atom. The average molecular weight is 284 g/mol. The lowest BCUT2D eigenvalue weighted by atomic mass is 9.85. The van der Waals surface area contributed by atoms with Crippen LogP contribution in [-0.2, 0) is 0 Å². The molecule has 19 heavy (non-hydrogen) atoms. The van der Waals surface area contributed by atoms with Crippen molar-refractivity contribution >= 4 is 11.6 Å². The largest absolute Gasteiger partial charge is 0.486 e. The van der Waals surface area contributed by atoms with Crippen LogP contribution in [-0.4, -0.2) is 20.3 Å². The number of hydrogen-bond acceptors (Lipinski definition) is 3. The summed E-state index contributed by atoms with van der Waals surface area (Å²) in [5, 5.41) is 4.07. The van der Waals surface area contributed by atoms with Crippen LogP contribution < -0.4 is 14.8 Å². The maximum atomic E-state index is 6.39. The van der Waals surface area contributed by atoms with E-state index in [1.807, 2.05) is 19.2 Å². The summed E-state index contributed by atoms with van der Waals surface area (Å²) in [5.74, 6) is 1.53. The fourth-order valence-electron chi connectivity index (χ4n) is 2.33. The number of halogens is 1. The van der Waals surface area contributed by atoms with Crippen molar-refractivity contribution in [2.75, 3.05) is 20.3 Å². The summed E-state index contributed by atoms with van der Waals surface area (Å²) in [5.41, 5.74) is 1.30. The van der Waals surface area contributed by atoms with Crippen molar-refractivity contribution in [1.82, 2.24) is 5.32 Å². The fourth-order valence-corrected chi connectivity index (χ4v) is 2.61. The fraction of sp³-hybridized carbons (Fsp3) is 0.600. The Morgan fingerprint density at radius 1 is 1.21 bits per heavy atom. The van der Waals surface area contributed by atoms with E-state index in [2.05, 4.69) is 26.1 Å². The molecule has 0 amide bonds. The summed E-state index contributed by atoms with van der Waals surface area (Å²) >= 11 is 6.39. The van der Waals surface area contributed by atoms with Crippen LogP contribution in [0.1, 0.15) is 38.8 Å². The van der Waals surface area contributed by atoms with E-state index in [0.29, 0.717) is 13.2 Å². The summed E-state index contributed by atoms with van der Waals surface area (Å²) < 4.78 is 11.2. The molecule has 0 saturated heterocycles. The molecular weight excluding hydrogens is 262 g/mol. The molecule has 3 nitrogen and oxygen atoms in total. The molecule has 0 aromatic heterocycles. The van der Waals surface area contributed by atoms with Crippen LogP contribution in [0.3, 0.4) is 0 Å². The molecule has 1 atom stereocenters. The second-order valence-electron chi connectivity index (χ2n) is 6.12. The molecule has 1 unspecified atom stereocenters. The normalized spacial score (nSPS) is 16.3. The summed E-state index contributed by atoms with van der Waals surface area (Å²) in [7, 11) is 1.96. The molecule has 106 valence electrons. The number of benzene rings is 1. The monoisotopic (exact) mass is 283 g/mol. The van der Waals surface area contributed by atoms with Crippen LogP contribution in [0.4, 0.5) is 0 Å². The summed E-state index contributed by atoms with van der Waals surface area (Å²) in [6, 6.07) is 4.07. The minimum Gasteiger partial charge on any atom is -0.486 e. The van der Waals surface area contributed by atoms with Crippen molar-refractivity contribution in [1.29, 1.82) is 0 Å². The molecule has 0 aliphatic carbocycles. The van der Waals surface area contributed by atoms with Crippen LogP contribution in [0.5, 0.6) is 11.5 Å². The van der Waals surface area contributed by atoms with Crippen molar-refractivity contribution in [2.45, 2.75) is 33.2 Å². The first-order valence-corrected chi connectivity index (χ1v) is 7.05. The van der Waals surface area contributed by atoms with Crippen molar-refractivity contribution in [3.05, 3.63) is 22.7 Å². The van der Waals surface area contributed by atoms with Gasteiger partial charge in [0, 0.05) is 17.1 Å². The lowest BCUT2D eigenvalue weighted by Gasteiger charge is -2.28. The molecule has 0 spiro atoms. The molecule has 4 heteroatoms. The van der Waals surface area contributed by atoms with Crippen molar-refractivity contribution < 1.29 is 9.47 Å². The van der Waals surface area contributed by atoms with Crippen molar-refractivity contribution in [3.63, 3.8) is 0 Å². The third-order valence-corrected chi connectivity index (χ3v) is 3.53. The molecular formula is C15H22ClNO2. The van der Waals surface area contributed by atoms with Gasteiger partial charge in [-0.1, -0.05) is 32.4 Å². The van der Waals surface area contributed by atoms with Gasteiger partial charge in [0.25, 0.3) is 0 Å². The smallest absolute Gasteiger partial charge is 0.162 e. The predicted molar refractivity (Wildman–Crippen MR) is 78.3 cm³/mol. The highest BCUT2D eigenvalue weighted by molar-refractivity contribution is 6.31. The second-order valence-corrected chi connectivity index (χ2v) is 6.53. The standard InChI is InChI=1S/C15H22ClNO2/c1-15(2,3)9-12(17-4)10-7-13-14(8-11(10)16)19-6-5-18-13/h7-8,12,17H,5-6,9H2,1-4H3. The minimum absolute atomic E-state index is 0.211. The average Bonchev–Trinajstić information content (AvgIpc) is 2.34. The molecule has 1 aromatic carbocycles. The van der Waals surface area contributed by atoms with E-state index in [-0.39, 0.29) is 11.5 Å². The Balaban J connectivity index is 2.32.